The van der Waals surface area contributed by atoms with E-state index in [0.717, 1.165) is 52.8 Å². The predicted molar refractivity (Wildman–Crippen MR) is 120 cm³/mol. The molecule has 3 aromatic heterocycles. The number of aromatic amines is 2. The lowest BCUT2D eigenvalue weighted by Crippen LogP contribution is -2.11. The summed E-state index contributed by atoms with van der Waals surface area (Å²) in [7, 11) is 0. The molecule has 0 spiro atoms. The number of carboxylic acid groups (broad SMARTS) is 1. The SMILES string of the molecule is CC(=O)O.NCCCn1cc(-c2nc3cc4[nH]ncc4cc3[nH]c2=O)c2ccccc21. The highest BCUT2D eigenvalue weighted by Crippen LogP contribution is 2.29. The molecule has 2 aromatic carbocycles. The molecule has 9 heteroatoms. The minimum atomic E-state index is -0.833. The van der Waals surface area contributed by atoms with E-state index in [0.29, 0.717) is 17.8 Å². The number of aromatic nitrogens is 5. The fourth-order valence-electron chi connectivity index (χ4n) is 3.59. The fraction of sp³-hybridized carbons (Fsp3) is 0.182. The van der Waals surface area contributed by atoms with Gasteiger partial charge in [-0.1, -0.05) is 18.2 Å². The number of aryl methyl sites for hydroxylation is 1. The van der Waals surface area contributed by atoms with Gasteiger partial charge in [0.15, 0.2) is 0 Å². The number of benzene rings is 2. The number of nitrogens with two attached hydrogens (primary N) is 1. The van der Waals surface area contributed by atoms with Crippen LogP contribution in [0.15, 0.2) is 53.6 Å². The second kappa shape index (κ2) is 8.41. The number of hydrogen-bond donors (Lipinski definition) is 4. The van der Waals surface area contributed by atoms with Crippen molar-refractivity contribution < 1.29 is 9.90 Å². The lowest BCUT2D eigenvalue weighted by molar-refractivity contribution is -0.134. The Morgan fingerprint density at radius 2 is 2.00 bits per heavy atom. The van der Waals surface area contributed by atoms with E-state index in [4.69, 9.17) is 15.6 Å². The molecule has 0 atom stereocenters. The minimum Gasteiger partial charge on any atom is -0.481 e. The van der Waals surface area contributed by atoms with Crippen molar-refractivity contribution >= 4 is 38.8 Å². The summed E-state index contributed by atoms with van der Waals surface area (Å²) in [5.41, 5.74) is 10.1. The zero-order valence-electron chi connectivity index (χ0n) is 16.9. The molecule has 5 aromatic rings. The maximum atomic E-state index is 12.8. The van der Waals surface area contributed by atoms with E-state index in [1.54, 1.807) is 6.20 Å². The number of carboxylic acids is 1. The van der Waals surface area contributed by atoms with Crippen LogP contribution in [-0.4, -0.2) is 42.4 Å². The van der Waals surface area contributed by atoms with Crippen molar-refractivity contribution in [3.8, 4) is 11.3 Å². The van der Waals surface area contributed by atoms with Gasteiger partial charge in [-0.3, -0.25) is 14.7 Å². The minimum absolute atomic E-state index is 0.202. The Kier molecular flexibility index (Phi) is 5.50. The maximum absolute atomic E-state index is 12.8. The quantitative estimate of drug-likeness (QED) is 0.353. The number of rotatable bonds is 4. The van der Waals surface area contributed by atoms with Crippen molar-refractivity contribution in [1.29, 1.82) is 0 Å². The van der Waals surface area contributed by atoms with Crippen molar-refractivity contribution in [3.05, 3.63) is 59.1 Å². The second-order valence-electron chi connectivity index (χ2n) is 7.16. The smallest absolute Gasteiger partial charge is 0.300 e. The van der Waals surface area contributed by atoms with Crippen LogP contribution >= 0.6 is 0 Å². The van der Waals surface area contributed by atoms with Crippen LogP contribution in [0.5, 0.6) is 0 Å². The van der Waals surface area contributed by atoms with E-state index >= 15 is 0 Å². The van der Waals surface area contributed by atoms with Crippen LogP contribution < -0.4 is 11.3 Å². The van der Waals surface area contributed by atoms with Crippen LogP contribution in [0, 0.1) is 0 Å². The third-order valence-corrected chi connectivity index (χ3v) is 4.90. The molecule has 5 N–H and O–H groups in total. The lowest BCUT2D eigenvalue weighted by atomic mass is 10.1. The van der Waals surface area contributed by atoms with Crippen LogP contribution in [0.1, 0.15) is 13.3 Å². The molecule has 0 unspecified atom stereocenters. The Balaban J connectivity index is 0.000000535. The van der Waals surface area contributed by atoms with Gasteiger partial charge >= 0.3 is 0 Å². The molecule has 5 rings (SSSR count). The van der Waals surface area contributed by atoms with Crippen molar-refractivity contribution in [2.24, 2.45) is 5.73 Å². The van der Waals surface area contributed by atoms with Gasteiger partial charge in [0.2, 0.25) is 0 Å². The van der Waals surface area contributed by atoms with Gasteiger partial charge in [0.05, 0.1) is 22.7 Å². The summed E-state index contributed by atoms with van der Waals surface area (Å²) in [5.74, 6) is -0.833. The topological polar surface area (TPSA) is 143 Å². The molecule has 0 radical (unpaired) electrons. The molecule has 0 saturated carbocycles. The number of aliphatic carboxylic acids is 1. The van der Waals surface area contributed by atoms with Crippen molar-refractivity contribution in [1.82, 2.24) is 24.7 Å². The first-order valence-electron chi connectivity index (χ1n) is 9.83. The van der Waals surface area contributed by atoms with Crippen LogP contribution in [-0.2, 0) is 11.3 Å². The first-order valence-corrected chi connectivity index (χ1v) is 9.83. The second-order valence-corrected chi connectivity index (χ2v) is 7.16. The predicted octanol–water partition coefficient (Wildman–Crippen LogP) is 2.86. The first-order chi connectivity index (χ1) is 15.0. The number of hydrogen-bond acceptors (Lipinski definition) is 5. The van der Waals surface area contributed by atoms with E-state index in [2.05, 4.69) is 30.8 Å². The largest absolute Gasteiger partial charge is 0.481 e. The summed E-state index contributed by atoms with van der Waals surface area (Å²) in [4.78, 5) is 29.5. The van der Waals surface area contributed by atoms with E-state index in [-0.39, 0.29) is 5.56 Å². The number of carbonyl (C=O) groups is 1. The summed E-state index contributed by atoms with van der Waals surface area (Å²) < 4.78 is 2.14. The van der Waals surface area contributed by atoms with E-state index in [1.165, 1.54) is 0 Å². The number of para-hydroxylation sites is 1. The van der Waals surface area contributed by atoms with Crippen molar-refractivity contribution in [2.75, 3.05) is 6.54 Å². The lowest BCUT2D eigenvalue weighted by Gasteiger charge is -2.03. The maximum Gasteiger partial charge on any atom is 0.300 e. The van der Waals surface area contributed by atoms with Gasteiger partial charge in [-0.15, -0.1) is 0 Å². The Labute approximate surface area is 176 Å². The van der Waals surface area contributed by atoms with Gasteiger partial charge in [0.25, 0.3) is 11.5 Å². The number of nitrogens with one attached hydrogen (secondary N) is 2. The molecule has 0 fully saturated rings. The third kappa shape index (κ3) is 4.03. The summed E-state index contributed by atoms with van der Waals surface area (Å²) in [6.07, 6.45) is 4.60. The number of H-pyrrole nitrogens is 2. The van der Waals surface area contributed by atoms with Gasteiger partial charge in [-0.25, -0.2) is 4.98 Å². The van der Waals surface area contributed by atoms with E-state index < -0.39 is 5.97 Å². The molecule has 9 nitrogen and oxygen atoms in total. The molecule has 0 bridgehead atoms. The average Bonchev–Trinajstić information content (AvgIpc) is 3.34. The molecule has 0 amide bonds. The van der Waals surface area contributed by atoms with Gasteiger partial charge in [-0.2, -0.15) is 5.10 Å². The molecular formula is C22H22N6O3. The van der Waals surface area contributed by atoms with Crippen LogP contribution in [0.25, 0.3) is 44.1 Å². The highest BCUT2D eigenvalue weighted by atomic mass is 16.4. The highest BCUT2D eigenvalue weighted by Gasteiger charge is 2.15. The average molecular weight is 418 g/mol. The molecule has 31 heavy (non-hydrogen) atoms. The molecule has 0 saturated heterocycles. The summed E-state index contributed by atoms with van der Waals surface area (Å²) in [5, 5.41) is 16.3. The fourth-order valence-corrected chi connectivity index (χ4v) is 3.59. The van der Waals surface area contributed by atoms with Gasteiger partial charge < -0.3 is 20.4 Å². The van der Waals surface area contributed by atoms with Crippen LogP contribution in [0.2, 0.25) is 0 Å². The van der Waals surface area contributed by atoms with Crippen LogP contribution in [0.3, 0.4) is 0 Å². The molecule has 158 valence electrons. The van der Waals surface area contributed by atoms with Crippen molar-refractivity contribution in [3.63, 3.8) is 0 Å². The molecular weight excluding hydrogens is 396 g/mol. The molecule has 0 aliphatic carbocycles. The summed E-state index contributed by atoms with van der Waals surface area (Å²) >= 11 is 0. The Hall–Kier alpha value is -3.98. The number of nitrogens with zero attached hydrogens (tertiary/aromatic N) is 3. The first kappa shape index (κ1) is 20.3. The molecule has 0 aliphatic rings. The molecule has 3 heterocycles. The Morgan fingerprint density at radius 3 is 2.77 bits per heavy atom. The summed E-state index contributed by atoms with van der Waals surface area (Å²) in [6.45, 7) is 2.51. The zero-order chi connectivity index (χ0) is 22.0. The third-order valence-electron chi connectivity index (χ3n) is 4.90. The monoisotopic (exact) mass is 418 g/mol. The van der Waals surface area contributed by atoms with Gasteiger partial charge in [-0.05, 0) is 31.2 Å². The standard InChI is InChI=1S/C20H18N6O.C2H4O2/c21-6-3-7-26-11-14(13-4-1-2-5-18(13)26)19-20(27)24-16-8-12-10-22-25-15(12)9-17(16)23-19;1-2(3)4/h1-2,4-5,8-11H,3,6-7,21H2,(H,22,25)(H,24,27);1H3,(H,3,4). The van der Waals surface area contributed by atoms with Gasteiger partial charge in [0.1, 0.15) is 5.69 Å². The van der Waals surface area contributed by atoms with E-state index in [9.17, 15) is 4.79 Å². The van der Waals surface area contributed by atoms with Gasteiger partial charge in [0, 0.05) is 41.5 Å². The summed E-state index contributed by atoms with van der Waals surface area (Å²) in [6, 6.07) is 11.8. The Bertz CT molecular complexity index is 1440. The van der Waals surface area contributed by atoms with E-state index in [1.807, 2.05) is 36.5 Å². The van der Waals surface area contributed by atoms with Crippen LogP contribution in [0.4, 0.5) is 0 Å². The normalized spacial score (nSPS) is 11.0. The molecule has 0 aliphatic heterocycles. The highest BCUT2D eigenvalue weighted by molar-refractivity contribution is 5.97. The van der Waals surface area contributed by atoms with Crippen molar-refractivity contribution in [2.45, 2.75) is 19.9 Å². The number of fused-ring (bicyclic) bond motifs is 3. The Morgan fingerprint density at radius 1 is 1.23 bits per heavy atom. The zero-order valence-corrected chi connectivity index (χ0v) is 16.9.